The Balaban J connectivity index is 2.30. The van der Waals surface area contributed by atoms with Crippen molar-refractivity contribution in [2.45, 2.75) is 11.8 Å². The maximum Gasteiger partial charge on any atom is 0.266 e. The Morgan fingerprint density at radius 1 is 1.31 bits per heavy atom. The fourth-order valence-electron chi connectivity index (χ4n) is 2.37. The molecule has 0 radical (unpaired) electrons. The molecule has 0 atom stereocenters. The molecule has 0 heterocycles. The number of hydrogen-bond acceptors (Lipinski definition) is 6. The molecule has 2 aromatic carbocycles. The number of benzene rings is 2. The van der Waals surface area contributed by atoms with Gasteiger partial charge in [-0.15, -0.1) is 0 Å². The first kappa shape index (κ1) is 22.4. The lowest BCUT2D eigenvalue weighted by Gasteiger charge is -2.12. The molecule has 2 rings (SSSR count). The van der Waals surface area contributed by atoms with Crippen molar-refractivity contribution in [3.8, 4) is 17.6 Å². The van der Waals surface area contributed by atoms with E-state index in [0.29, 0.717) is 33.8 Å². The van der Waals surface area contributed by atoms with Gasteiger partial charge < -0.3 is 14.8 Å². The fraction of sp³-hybridized carbons (Fsp3) is 0.158. The van der Waals surface area contributed by atoms with Gasteiger partial charge in [0.2, 0.25) is 10.0 Å². The number of anilines is 1. The van der Waals surface area contributed by atoms with Gasteiger partial charge in [0, 0.05) is 5.69 Å². The number of ether oxygens (including phenoxy) is 2. The van der Waals surface area contributed by atoms with E-state index >= 15 is 0 Å². The van der Waals surface area contributed by atoms with Crippen LogP contribution in [0, 0.1) is 11.3 Å². The van der Waals surface area contributed by atoms with E-state index in [1.165, 1.54) is 37.5 Å². The largest absolute Gasteiger partial charge is 0.492 e. The molecule has 152 valence electrons. The van der Waals surface area contributed by atoms with Gasteiger partial charge in [-0.05, 0) is 70.9 Å². The summed E-state index contributed by atoms with van der Waals surface area (Å²) < 4.78 is 34.0. The lowest BCUT2D eigenvalue weighted by atomic mass is 10.1. The smallest absolute Gasteiger partial charge is 0.266 e. The molecular weight excluding hydrogens is 462 g/mol. The average Bonchev–Trinajstić information content (AvgIpc) is 2.66. The Hall–Kier alpha value is -2.87. The lowest BCUT2D eigenvalue weighted by molar-refractivity contribution is -0.112. The van der Waals surface area contributed by atoms with Crippen molar-refractivity contribution in [3.05, 3.63) is 52.0 Å². The van der Waals surface area contributed by atoms with Crippen LogP contribution in [0.3, 0.4) is 0 Å². The predicted octanol–water partition coefficient (Wildman–Crippen LogP) is 3.05. The summed E-state index contributed by atoms with van der Waals surface area (Å²) in [6, 6.07) is 10.5. The number of methoxy groups -OCH3 is 1. The van der Waals surface area contributed by atoms with E-state index < -0.39 is 15.9 Å². The first-order valence-corrected chi connectivity index (χ1v) is 10.6. The molecule has 29 heavy (non-hydrogen) atoms. The summed E-state index contributed by atoms with van der Waals surface area (Å²) in [5.74, 6) is 0.314. The summed E-state index contributed by atoms with van der Waals surface area (Å²) >= 11 is 3.38. The number of hydrogen-bond donors (Lipinski definition) is 2. The second-order valence-corrected chi connectivity index (χ2v) is 8.08. The average molecular weight is 480 g/mol. The van der Waals surface area contributed by atoms with E-state index in [0.717, 1.165) is 0 Å². The number of nitrogens with one attached hydrogen (secondary N) is 1. The minimum Gasteiger partial charge on any atom is -0.492 e. The van der Waals surface area contributed by atoms with Crippen LogP contribution in [0.5, 0.6) is 11.5 Å². The molecule has 0 aliphatic heterocycles. The van der Waals surface area contributed by atoms with Gasteiger partial charge in [-0.2, -0.15) is 5.26 Å². The summed E-state index contributed by atoms with van der Waals surface area (Å²) in [7, 11) is -2.32. The van der Waals surface area contributed by atoms with Crippen LogP contribution >= 0.6 is 15.9 Å². The van der Waals surface area contributed by atoms with Crippen molar-refractivity contribution in [1.82, 2.24) is 0 Å². The highest BCUT2D eigenvalue weighted by molar-refractivity contribution is 9.10. The number of sulfonamides is 1. The van der Waals surface area contributed by atoms with E-state index in [2.05, 4.69) is 21.2 Å². The molecular formula is C19H18BrN3O5S. The summed E-state index contributed by atoms with van der Waals surface area (Å²) in [4.78, 5) is 12.4. The highest BCUT2D eigenvalue weighted by Gasteiger charge is 2.14. The van der Waals surface area contributed by atoms with Gasteiger partial charge in [-0.25, -0.2) is 13.6 Å². The van der Waals surface area contributed by atoms with E-state index in [9.17, 15) is 18.5 Å². The monoisotopic (exact) mass is 479 g/mol. The maximum absolute atomic E-state index is 12.4. The zero-order chi connectivity index (χ0) is 21.6. The number of carbonyl (C=O) groups excluding carboxylic acids is 1. The number of nitriles is 1. The fourth-order valence-corrected chi connectivity index (χ4v) is 3.51. The van der Waals surface area contributed by atoms with E-state index in [1.54, 1.807) is 12.1 Å². The normalized spacial score (nSPS) is 11.5. The quantitative estimate of drug-likeness (QED) is 0.463. The van der Waals surface area contributed by atoms with Gasteiger partial charge in [0.1, 0.15) is 11.6 Å². The van der Waals surface area contributed by atoms with E-state index in [-0.39, 0.29) is 10.5 Å². The molecule has 0 fully saturated rings. The molecule has 0 aromatic heterocycles. The molecule has 0 aliphatic carbocycles. The summed E-state index contributed by atoms with van der Waals surface area (Å²) in [5.41, 5.74) is 0.715. The Kier molecular flexibility index (Phi) is 7.39. The number of amides is 1. The van der Waals surface area contributed by atoms with Crippen molar-refractivity contribution in [2.75, 3.05) is 19.0 Å². The molecule has 8 nitrogen and oxygen atoms in total. The van der Waals surface area contributed by atoms with E-state index in [1.807, 2.05) is 13.0 Å². The first-order chi connectivity index (χ1) is 13.7. The van der Waals surface area contributed by atoms with Crippen LogP contribution < -0.4 is 19.9 Å². The highest BCUT2D eigenvalue weighted by atomic mass is 79.9. The molecule has 3 N–H and O–H groups in total. The maximum atomic E-state index is 12.4. The molecule has 0 saturated heterocycles. The number of nitrogens with two attached hydrogens (primary N) is 1. The lowest BCUT2D eigenvalue weighted by Crippen LogP contribution is -2.14. The number of halogens is 1. The third-order valence-electron chi connectivity index (χ3n) is 3.65. The van der Waals surface area contributed by atoms with Gasteiger partial charge >= 0.3 is 0 Å². The van der Waals surface area contributed by atoms with Crippen LogP contribution in [0.25, 0.3) is 6.08 Å². The molecule has 0 bridgehead atoms. The summed E-state index contributed by atoms with van der Waals surface area (Å²) in [6.07, 6.45) is 1.40. The Morgan fingerprint density at radius 2 is 1.97 bits per heavy atom. The van der Waals surface area contributed by atoms with Gasteiger partial charge in [-0.1, -0.05) is 0 Å². The van der Waals surface area contributed by atoms with Crippen LogP contribution in [0.15, 0.2) is 51.3 Å². The molecule has 0 saturated carbocycles. The van der Waals surface area contributed by atoms with Crippen molar-refractivity contribution in [1.29, 1.82) is 5.26 Å². The standard InChI is InChI=1S/C19H18BrN3O5S/c1-3-28-17-10-12(9-16(20)18(17)27-2)8-13(11-21)19(24)23-14-4-6-15(7-5-14)29(22,25)26/h4-10H,3H2,1-2H3,(H,23,24)(H2,22,25,26)/b13-8+. The minimum atomic E-state index is -3.83. The van der Waals surface area contributed by atoms with Gasteiger partial charge in [0.25, 0.3) is 5.91 Å². The van der Waals surface area contributed by atoms with Crippen LogP contribution in [-0.2, 0) is 14.8 Å². The molecule has 2 aromatic rings. The van der Waals surface area contributed by atoms with Crippen molar-refractivity contribution >= 4 is 43.6 Å². The van der Waals surface area contributed by atoms with Crippen molar-refractivity contribution in [2.24, 2.45) is 5.14 Å². The van der Waals surface area contributed by atoms with E-state index in [4.69, 9.17) is 14.6 Å². The number of rotatable bonds is 7. The highest BCUT2D eigenvalue weighted by Crippen LogP contribution is 2.37. The van der Waals surface area contributed by atoms with Gasteiger partial charge in [0.15, 0.2) is 11.5 Å². The first-order valence-electron chi connectivity index (χ1n) is 8.26. The Labute approximate surface area is 177 Å². The topological polar surface area (TPSA) is 132 Å². The summed E-state index contributed by atoms with van der Waals surface area (Å²) in [5, 5.41) is 17.0. The number of nitrogens with zero attached hydrogens (tertiary/aromatic N) is 1. The third kappa shape index (κ3) is 5.80. The van der Waals surface area contributed by atoms with Crippen molar-refractivity contribution in [3.63, 3.8) is 0 Å². The molecule has 10 heteroatoms. The number of primary sulfonamides is 1. The number of carbonyl (C=O) groups is 1. The minimum absolute atomic E-state index is 0.0851. The zero-order valence-corrected chi connectivity index (χ0v) is 18.0. The SMILES string of the molecule is CCOc1cc(/C=C(\C#N)C(=O)Nc2ccc(S(N)(=O)=O)cc2)cc(Br)c1OC. The Morgan fingerprint density at radius 3 is 2.48 bits per heavy atom. The predicted molar refractivity (Wildman–Crippen MR) is 112 cm³/mol. The van der Waals surface area contributed by atoms with Crippen molar-refractivity contribution < 1.29 is 22.7 Å². The van der Waals surface area contributed by atoms with Crippen LogP contribution in [0.2, 0.25) is 0 Å². The summed E-state index contributed by atoms with van der Waals surface area (Å²) in [6.45, 7) is 2.24. The Bertz CT molecular complexity index is 1090. The molecule has 0 aliphatic rings. The molecule has 1 amide bonds. The second-order valence-electron chi connectivity index (χ2n) is 5.66. The van der Waals surface area contributed by atoms with Crippen LogP contribution in [0.1, 0.15) is 12.5 Å². The van der Waals surface area contributed by atoms with Gasteiger partial charge in [0.05, 0.1) is 23.1 Å². The van der Waals surface area contributed by atoms with Crippen LogP contribution in [-0.4, -0.2) is 28.0 Å². The zero-order valence-electron chi connectivity index (χ0n) is 15.6. The molecule has 0 spiro atoms. The van der Waals surface area contributed by atoms with Gasteiger partial charge in [-0.3, -0.25) is 4.79 Å². The van der Waals surface area contributed by atoms with Crippen LogP contribution in [0.4, 0.5) is 5.69 Å². The molecule has 0 unspecified atom stereocenters. The third-order valence-corrected chi connectivity index (χ3v) is 5.17. The second kappa shape index (κ2) is 9.56.